The third-order valence-corrected chi connectivity index (χ3v) is 6.01. The summed E-state index contributed by atoms with van der Waals surface area (Å²) in [4.78, 5) is 22.8. The van der Waals surface area contributed by atoms with Crippen LogP contribution in [0.3, 0.4) is 0 Å². The summed E-state index contributed by atoms with van der Waals surface area (Å²) in [7, 11) is -3.65. The third-order valence-electron chi connectivity index (χ3n) is 4.19. The van der Waals surface area contributed by atoms with Gasteiger partial charge in [-0.2, -0.15) is 4.37 Å². The summed E-state index contributed by atoms with van der Waals surface area (Å²) in [5.74, 6) is 1.60. The maximum Gasteiger partial charge on any atom is 0.231 e. The van der Waals surface area contributed by atoms with Crippen LogP contribution in [0.4, 0.5) is 0 Å². The molecule has 1 aliphatic heterocycles. The second kappa shape index (κ2) is 7.89. The Labute approximate surface area is 174 Å². The standard InChI is InChI=1S/C18H16NO7PS2/c1-23-14-6-11(7-15-18(14)25-9-24-15)17-12(8-29-19-17)10-3-4-16(28-2)13(5-10)26-27(20,21)22/h3-8H,9H2,1-2H3,(H2,20,21,22)/p-2. The summed E-state index contributed by atoms with van der Waals surface area (Å²) >= 11 is 2.52. The van der Waals surface area contributed by atoms with E-state index < -0.39 is 7.82 Å². The van der Waals surface area contributed by atoms with E-state index in [1.54, 1.807) is 24.5 Å². The van der Waals surface area contributed by atoms with Gasteiger partial charge in [-0.3, -0.25) is 0 Å². The monoisotopic (exact) mass is 451 g/mol. The summed E-state index contributed by atoms with van der Waals surface area (Å²) in [5.41, 5.74) is 2.81. The molecule has 2 aromatic carbocycles. The lowest BCUT2D eigenvalue weighted by Crippen LogP contribution is -2.18. The molecule has 0 atom stereocenters. The Bertz CT molecular complexity index is 1110. The summed E-state index contributed by atoms with van der Waals surface area (Å²) in [6, 6.07) is 8.64. The lowest BCUT2D eigenvalue weighted by molar-refractivity contribution is -0.333. The van der Waals surface area contributed by atoms with Crippen molar-refractivity contribution in [3.63, 3.8) is 0 Å². The smallest absolute Gasteiger partial charge is 0.231 e. The van der Waals surface area contributed by atoms with Crippen LogP contribution >= 0.6 is 31.1 Å². The highest BCUT2D eigenvalue weighted by Crippen LogP contribution is 2.46. The van der Waals surface area contributed by atoms with Crippen LogP contribution in [0.2, 0.25) is 0 Å². The van der Waals surface area contributed by atoms with E-state index in [4.69, 9.17) is 14.2 Å². The lowest BCUT2D eigenvalue weighted by Gasteiger charge is -2.30. The molecule has 11 heteroatoms. The van der Waals surface area contributed by atoms with Gasteiger partial charge >= 0.3 is 0 Å². The van der Waals surface area contributed by atoms with Gasteiger partial charge in [-0.25, -0.2) is 0 Å². The highest BCUT2D eigenvalue weighted by molar-refractivity contribution is 7.98. The number of aromatic nitrogens is 1. The van der Waals surface area contributed by atoms with Crippen molar-refractivity contribution in [1.82, 2.24) is 4.37 Å². The molecule has 0 saturated carbocycles. The second-order valence-corrected chi connectivity index (χ2v) is 8.45. The summed E-state index contributed by atoms with van der Waals surface area (Å²) < 4.78 is 36.6. The molecule has 0 bridgehead atoms. The van der Waals surface area contributed by atoms with Crippen molar-refractivity contribution >= 4 is 31.1 Å². The first-order valence-electron chi connectivity index (χ1n) is 8.22. The first kappa shape index (κ1) is 20.1. The van der Waals surface area contributed by atoms with Crippen LogP contribution < -0.4 is 28.5 Å². The van der Waals surface area contributed by atoms with E-state index in [9.17, 15) is 14.4 Å². The first-order chi connectivity index (χ1) is 13.9. The number of methoxy groups -OCH3 is 1. The predicted molar refractivity (Wildman–Crippen MR) is 106 cm³/mol. The molecule has 8 nitrogen and oxygen atoms in total. The minimum atomic E-state index is -5.19. The predicted octanol–water partition coefficient (Wildman–Crippen LogP) is 3.14. The van der Waals surface area contributed by atoms with Crippen molar-refractivity contribution in [2.45, 2.75) is 4.90 Å². The van der Waals surface area contributed by atoms with Gasteiger partial charge < -0.3 is 33.1 Å². The highest BCUT2D eigenvalue weighted by atomic mass is 32.2. The summed E-state index contributed by atoms with van der Waals surface area (Å²) in [5, 5.41) is 1.83. The minimum Gasteiger partial charge on any atom is -0.780 e. The molecule has 152 valence electrons. The Morgan fingerprint density at radius 1 is 1.17 bits per heavy atom. The van der Waals surface area contributed by atoms with Gasteiger partial charge in [-0.15, -0.1) is 11.8 Å². The van der Waals surface area contributed by atoms with Crippen LogP contribution in [0.15, 0.2) is 40.6 Å². The van der Waals surface area contributed by atoms with E-state index in [2.05, 4.69) is 8.90 Å². The molecule has 4 rings (SSSR count). The topological polar surface area (TPSA) is 113 Å². The van der Waals surface area contributed by atoms with Gasteiger partial charge in [0.05, 0.1) is 12.8 Å². The molecule has 1 aliphatic rings. The maximum absolute atomic E-state index is 11.1. The number of fused-ring (bicyclic) bond motifs is 1. The molecule has 3 aromatic rings. The van der Waals surface area contributed by atoms with Gasteiger partial charge in [-0.1, -0.05) is 6.07 Å². The number of hydrogen-bond donors (Lipinski definition) is 0. The van der Waals surface area contributed by atoms with Crippen LogP contribution in [0.1, 0.15) is 0 Å². The fourth-order valence-corrected chi connectivity index (χ4v) is 4.63. The fraction of sp³-hybridized carbons (Fsp3) is 0.167. The van der Waals surface area contributed by atoms with Crippen molar-refractivity contribution in [2.75, 3.05) is 20.2 Å². The van der Waals surface area contributed by atoms with Crippen molar-refractivity contribution in [2.24, 2.45) is 0 Å². The molecule has 0 fully saturated rings. The van der Waals surface area contributed by atoms with Crippen LogP contribution in [0.5, 0.6) is 23.0 Å². The third kappa shape index (κ3) is 4.08. The number of benzene rings is 2. The average Bonchev–Trinajstić information content (AvgIpc) is 3.35. The minimum absolute atomic E-state index is 0.0104. The normalized spacial score (nSPS) is 12.8. The number of phosphoric acid groups is 1. The van der Waals surface area contributed by atoms with Crippen LogP contribution in [0.25, 0.3) is 22.4 Å². The van der Waals surface area contributed by atoms with E-state index in [1.165, 1.54) is 36.5 Å². The van der Waals surface area contributed by atoms with Crippen molar-refractivity contribution in [3.05, 3.63) is 35.7 Å². The summed E-state index contributed by atoms with van der Waals surface area (Å²) in [6.45, 7) is 0.111. The van der Waals surface area contributed by atoms with Crippen LogP contribution in [0, 0.1) is 0 Å². The number of thioether (sulfide) groups is 1. The average molecular weight is 451 g/mol. The van der Waals surface area contributed by atoms with E-state index in [1.807, 2.05) is 11.4 Å². The van der Waals surface area contributed by atoms with Gasteiger partial charge in [0, 0.05) is 21.4 Å². The highest BCUT2D eigenvalue weighted by Gasteiger charge is 2.23. The van der Waals surface area contributed by atoms with E-state index in [0.29, 0.717) is 33.4 Å². The SMILES string of the molecule is COc1cc(-c2nscc2-c2ccc(SC)c(OP(=O)([O-])[O-])c2)cc2c1OCO2. The Morgan fingerprint density at radius 3 is 2.69 bits per heavy atom. The Hall–Kier alpha value is -2.23. The van der Waals surface area contributed by atoms with Gasteiger partial charge in [0.2, 0.25) is 12.5 Å². The zero-order valence-corrected chi connectivity index (χ0v) is 17.8. The van der Waals surface area contributed by atoms with Gasteiger partial charge in [-0.05, 0) is 47.6 Å². The van der Waals surface area contributed by atoms with Crippen LogP contribution in [-0.2, 0) is 4.57 Å². The molecular weight excluding hydrogens is 437 g/mol. The van der Waals surface area contributed by atoms with Crippen molar-refractivity contribution in [3.8, 4) is 45.4 Å². The molecule has 0 spiro atoms. The van der Waals surface area contributed by atoms with Crippen molar-refractivity contribution < 1.29 is 33.1 Å². The van der Waals surface area contributed by atoms with Gasteiger partial charge in [0.1, 0.15) is 13.6 Å². The largest absolute Gasteiger partial charge is 0.780 e. The molecule has 0 radical (unpaired) electrons. The molecule has 0 aliphatic carbocycles. The van der Waals surface area contributed by atoms with E-state index >= 15 is 0 Å². The zero-order valence-electron chi connectivity index (χ0n) is 15.2. The molecule has 1 aromatic heterocycles. The van der Waals surface area contributed by atoms with Gasteiger partial charge in [0.15, 0.2) is 11.5 Å². The number of phosphoric ester groups is 1. The maximum atomic E-state index is 11.1. The molecule has 0 amide bonds. The Kier molecular flexibility index (Phi) is 5.46. The zero-order chi connectivity index (χ0) is 20.6. The quantitative estimate of drug-likeness (QED) is 0.412. The van der Waals surface area contributed by atoms with Gasteiger partial charge in [0.25, 0.3) is 0 Å². The summed E-state index contributed by atoms with van der Waals surface area (Å²) in [6.07, 6.45) is 1.76. The Morgan fingerprint density at radius 2 is 1.97 bits per heavy atom. The van der Waals surface area contributed by atoms with Crippen molar-refractivity contribution in [1.29, 1.82) is 0 Å². The molecule has 0 N–H and O–H groups in total. The Balaban J connectivity index is 1.80. The number of rotatable bonds is 6. The molecule has 29 heavy (non-hydrogen) atoms. The number of hydrogen-bond acceptors (Lipinski definition) is 10. The number of ether oxygens (including phenoxy) is 3. The lowest BCUT2D eigenvalue weighted by atomic mass is 10.0. The molecule has 0 unspecified atom stereocenters. The van der Waals surface area contributed by atoms with E-state index in [-0.39, 0.29) is 12.5 Å². The van der Waals surface area contributed by atoms with Crippen LogP contribution in [-0.4, -0.2) is 24.5 Å². The molecule has 0 saturated heterocycles. The molecular formula is C18H14NO7PS2-2. The van der Waals surface area contributed by atoms with E-state index in [0.717, 1.165) is 11.1 Å². The first-order valence-corrected chi connectivity index (χ1v) is 11.7. The fourth-order valence-electron chi connectivity index (χ4n) is 2.95. The number of nitrogens with zero attached hydrogens (tertiary/aromatic N) is 1. The second-order valence-electron chi connectivity index (χ2n) is 5.89. The molecule has 2 heterocycles.